The van der Waals surface area contributed by atoms with Crippen molar-refractivity contribution >= 4 is 16.9 Å². The van der Waals surface area contributed by atoms with E-state index in [4.69, 9.17) is 9.25 Å². The molecule has 0 spiro atoms. The Morgan fingerprint density at radius 1 is 1.44 bits per heavy atom. The van der Waals surface area contributed by atoms with Crippen molar-refractivity contribution in [2.45, 2.75) is 6.42 Å². The van der Waals surface area contributed by atoms with Gasteiger partial charge in [0.05, 0.1) is 19.8 Å². The maximum Gasteiger partial charge on any atom is 0.250 e. The van der Waals surface area contributed by atoms with Gasteiger partial charge in [0.2, 0.25) is 5.91 Å². The molecule has 1 amide bonds. The summed E-state index contributed by atoms with van der Waals surface area (Å²) in [5.74, 6) is -0.103. The minimum Gasteiger partial charge on any atom is -0.464 e. The zero-order valence-corrected chi connectivity index (χ0v) is 9.27. The minimum atomic E-state index is -0.103. The van der Waals surface area contributed by atoms with Gasteiger partial charge in [-0.25, -0.2) is 5.06 Å². The lowest BCUT2D eigenvalue weighted by Crippen LogP contribution is -2.26. The second-order valence-corrected chi connectivity index (χ2v) is 3.51. The van der Waals surface area contributed by atoms with Crippen molar-refractivity contribution in [1.82, 2.24) is 5.06 Å². The number of furan rings is 1. The van der Waals surface area contributed by atoms with Crippen molar-refractivity contribution < 1.29 is 14.0 Å². The molecule has 0 atom stereocenters. The van der Waals surface area contributed by atoms with E-state index < -0.39 is 0 Å². The molecule has 1 heterocycles. The average molecular weight is 219 g/mol. The number of likely N-dealkylation sites (N-methyl/N-ethyl adjacent to an activating group) is 1. The highest BCUT2D eigenvalue weighted by molar-refractivity contribution is 5.87. The van der Waals surface area contributed by atoms with Gasteiger partial charge in [-0.1, -0.05) is 18.2 Å². The van der Waals surface area contributed by atoms with Crippen molar-refractivity contribution in [2.24, 2.45) is 0 Å². The molecule has 84 valence electrons. The van der Waals surface area contributed by atoms with E-state index in [1.807, 2.05) is 24.3 Å². The Bertz CT molecular complexity index is 504. The zero-order chi connectivity index (χ0) is 11.5. The van der Waals surface area contributed by atoms with Crippen LogP contribution in [0, 0.1) is 0 Å². The van der Waals surface area contributed by atoms with Crippen molar-refractivity contribution in [3.8, 4) is 0 Å². The van der Waals surface area contributed by atoms with Gasteiger partial charge in [0.15, 0.2) is 0 Å². The van der Waals surface area contributed by atoms with Gasteiger partial charge < -0.3 is 4.42 Å². The molecule has 2 rings (SSSR count). The summed E-state index contributed by atoms with van der Waals surface area (Å²) in [7, 11) is 3.05. The molecule has 1 aromatic heterocycles. The third-order valence-electron chi connectivity index (χ3n) is 2.53. The summed E-state index contributed by atoms with van der Waals surface area (Å²) < 4.78 is 5.35. The normalized spacial score (nSPS) is 10.6. The molecule has 0 fully saturated rings. The van der Waals surface area contributed by atoms with E-state index >= 15 is 0 Å². The fourth-order valence-electron chi connectivity index (χ4n) is 1.55. The molecule has 0 radical (unpaired) electrons. The summed E-state index contributed by atoms with van der Waals surface area (Å²) in [5.41, 5.74) is 1.68. The molecule has 2 aromatic rings. The van der Waals surface area contributed by atoms with Crippen LogP contribution in [0.5, 0.6) is 0 Å². The van der Waals surface area contributed by atoms with Gasteiger partial charge in [0, 0.05) is 18.0 Å². The molecular formula is C12H13NO3. The predicted octanol–water partition coefficient (Wildman–Crippen LogP) is 2.00. The van der Waals surface area contributed by atoms with Crippen LogP contribution in [0.15, 0.2) is 34.9 Å². The number of fused-ring (bicyclic) bond motifs is 1. The first-order valence-electron chi connectivity index (χ1n) is 4.98. The third kappa shape index (κ3) is 1.92. The second kappa shape index (κ2) is 4.37. The van der Waals surface area contributed by atoms with Gasteiger partial charge >= 0.3 is 0 Å². The average Bonchev–Trinajstić information content (AvgIpc) is 2.72. The minimum absolute atomic E-state index is 0.103. The van der Waals surface area contributed by atoms with Crippen molar-refractivity contribution in [1.29, 1.82) is 0 Å². The van der Waals surface area contributed by atoms with E-state index in [9.17, 15) is 4.79 Å². The number of hydrogen-bond acceptors (Lipinski definition) is 3. The summed E-state index contributed by atoms with van der Waals surface area (Å²) >= 11 is 0. The number of rotatable bonds is 3. The predicted molar refractivity (Wildman–Crippen MR) is 59.7 cm³/mol. The summed E-state index contributed by atoms with van der Waals surface area (Å²) in [6.45, 7) is 0. The zero-order valence-electron chi connectivity index (χ0n) is 9.27. The summed E-state index contributed by atoms with van der Waals surface area (Å²) in [6, 6.07) is 7.64. The highest BCUT2D eigenvalue weighted by Gasteiger charge is 2.13. The van der Waals surface area contributed by atoms with E-state index in [1.165, 1.54) is 12.2 Å². The van der Waals surface area contributed by atoms with Gasteiger partial charge in [-0.3, -0.25) is 9.63 Å². The van der Waals surface area contributed by atoms with Crippen LogP contribution in [0.4, 0.5) is 0 Å². The van der Waals surface area contributed by atoms with Crippen molar-refractivity contribution in [3.05, 3.63) is 36.1 Å². The van der Waals surface area contributed by atoms with E-state index in [-0.39, 0.29) is 12.3 Å². The maximum absolute atomic E-state index is 11.6. The highest BCUT2D eigenvalue weighted by atomic mass is 16.7. The number of benzene rings is 1. The second-order valence-electron chi connectivity index (χ2n) is 3.51. The number of amides is 1. The van der Waals surface area contributed by atoms with Gasteiger partial charge in [-0.05, 0) is 6.07 Å². The van der Waals surface area contributed by atoms with E-state index in [0.717, 1.165) is 16.5 Å². The number of hydroxylamine groups is 2. The number of carbonyl (C=O) groups is 1. The van der Waals surface area contributed by atoms with Gasteiger partial charge in [-0.15, -0.1) is 0 Å². The lowest BCUT2D eigenvalue weighted by atomic mass is 10.1. The Hall–Kier alpha value is -1.81. The Morgan fingerprint density at radius 3 is 2.94 bits per heavy atom. The molecule has 0 saturated carbocycles. The van der Waals surface area contributed by atoms with Crippen LogP contribution in [0.1, 0.15) is 5.56 Å². The van der Waals surface area contributed by atoms with E-state index in [2.05, 4.69) is 0 Å². The Labute approximate surface area is 93.4 Å². The topological polar surface area (TPSA) is 42.7 Å². The quantitative estimate of drug-likeness (QED) is 0.741. The smallest absolute Gasteiger partial charge is 0.250 e. The molecule has 0 N–H and O–H groups in total. The summed E-state index contributed by atoms with van der Waals surface area (Å²) in [4.78, 5) is 16.5. The third-order valence-corrected chi connectivity index (χ3v) is 2.53. The molecular weight excluding hydrogens is 206 g/mol. The van der Waals surface area contributed by atoms with Gasteiger partial charge in [-0.2, -0.15) is 0 Å². The molecule has 0 aliphatic rings. The molecule has 16 heavy (non-hydrogen) atoms. The fourth-order valence-corrected chi connectivity index (χ4v) is 1.55. The van der Waals surface area contributed by atoms with Gasteiger partial charge in [0.1, 0.15) is 5.58 Å². The lowest BCUT2D eigenvalue weighted by Gasteiger charge is -2.12. The molecule has 0 aliphatic heterocycles. The van der Waals surface area contributed by atoms with Crippen molar-refractivity contribution in [2.75, 3.05) is 14.2 Å². The standard InChI is InChI=1S/C12H13NO3/c1-13(15-2)12(14)7-9-8-16-11-6-4-3-5-10(9)11/h3-6,8H,7H2,1-2H3. The molecule has 1 aromatic carbocycles. The molecule has 4 nitrogen and oxygen atoms in total. The number of carbonyl (C=O) groups excluding carboxylic acids is 1. The van der Waals surface area contributed by atoms with Crippen LogP contribution >= 0.6 is 0 Å². The first-order chi connectivity index (χ1) is 7.72. The van der Waals surface area contributed by atoms with E-state index in [1.54, 1.807) is 13.3 Å². The number of nitrogens with zero attached hydrogens (tertiary/aromatic N) is 1. The Morgan fingerprint density at radius 2 is 2.19 bits per heavy atom. The Kier molecular flexibility index (Phi) is 2.92. The van der Waals surface area contributed by atoms with E-state index in [0.29, 0.717) is 0 Å². The van der Waals surface area contributed by atoms with Crippen LogP contribution in [-0.4, -0.2) is 25.1 Å². The summed E-state index contributed by atoms with van der Waals surface area (Å²) in [5, 5.41) is 2.18. The summed E-state index contributed by atoms with van der Waals surface area (Å²) in [6.07, 6.45) is 1.90. The molecule has 4 heteroatoms. The largest absolute Gasteiger partial charge is 0.464 e. The number of para-hydroxylation sites is 1. The number of hydrogen-bond donors (Lipinski definition) is 0. The maximum atomic E-state index is 11.6. The van der Waals surface area contributed by atoms with Crippen LogP contribution in [0.25, 0.3) is 11.0 Å². The van der Waals surface area contributed by atoms with Crippen LogP contribution in [-0.2, 0) is 16.1 Å². The highest BCUT2D eigenvalue weighted by Crippen LogP contribution is 2.21. The molecule has 0 aliphatic carbocycles. The molecule has 0 saturated heterocycles. The van der Waals surface area contributed by atoms with Gasteiger partial charge in [0.25, 0.3) is 0 Å². The van der Waals surface area contributed by atoms with Crippen molar-refractivity contribution in [3.63, 3.8) is 0 Å². The first-order valence-corrected chi connectivity index (χ1v) is 4.98. The van der Waals surface area contributed by atoms with Crippen LogP contribution < -0.4 is 0 Å². The lowest BCUT2D eigenvalue weighted by molar-refractivity contribution is -0.167. The monoisotopic (exact) mass is 219 g/mol. The fraction of sp³-hybridized carbons (Fsp3) is 0.250. The van der Waals surface area contributed by atoms with Crippen LogP contribution in [0.2, 0.25) is 0 Å². The molecule has 0 bridgehead atoms. The molecule has 0 unspecified atom stereocenters. The van der Waals surface area contributed by atoms with Crippen LogP contribution in [0.3, 0.4) is 0 Å². The Balaban J connectivity index is 2.25. The SMILES string of the molecule is CON(C)C(=O)Cc1coc2ccccc12. The first kappa shape index (κ1) is 10.7.